The van der Waals surface area contributed by atoms with E-state index in [0.29, 0.717) is 17.9 Å². The van der Waals surface area contributed by atoms with Crippen molar-refractivity contribution in [1.82, 2.24) is 15.0 Å². The third-order valence-electron chi connectivity index (χ3n) is 3.94. The lowest BCUT2D eigenvalue weighted by Crippen LogP contribution is -2.21. The first-order chi connectivity index (χ1) is 11.4. The van der Waals surface area contributed by atoms with Crippen molar-refractivity contribution in [2.45, 2.75) is 12.5 Å². The van der Waals surface area contributed by atoms with Gasteiger partial charge in [0, 0.05) is 13.5 Å². The molecule has 0 saturated carbocycles. The van der Waals surface area contributed by atoms with Crippen molar-refractivity contribution in [2.24, 2.45) is 12.1 Å². The van der Waals surface area contributed by atoms with E-state index in [1.54, 1.807) is 25.2 Å². The van der Waals surface area contributed by atoms with E-state index in [9.17, 15) is 15.0 Å². The average molecular weight is 348 g/mol. The first kappa shape index (κ1) is 16.1. The summed E-state index contributed by atoms with van der Waals surface area (Å²) in [6, 6.07) is 4.79. The quantitative estimate of drug-likeness (QED) is 0.622. The average Bonchev–Trinajstić information content (AvgIpc) is 3.02. The van der Waals surface area contributed by atoms with E-state index in [1.165, 1.54) is 11.7 Å². The van der Waals surface area contributed by atoms with Crippen LogP contribution in [0.4, 0.5) is 0 Å². The highest BCUT2D eigenvalue weighted by Gasteiger charge is 2.26. The number of ether oxygens (including phenoxy) is 1. The van der Waals surface area contributed by atoms with Crippen LogP contribution >= 0.6 is 12.2 Å². The number of methoxy groups -OCH3 is 1. The summed E-state index contributed by atoms with van der Waals surface area (Å²) < 4.78 is 6.45. The molecule has 0 saturated heterocycles. The lowest BCUT2D eigenvalue weighted by atomic mass is 9.99. The Hall–Kier alpha value is -2.81. The van der Waals surface area contributed by atoms with Gasteiger partial charge in [-0.2, -0.15) is 5.10 Å². The zero-order valence-electron chi connectivity index (χ0n) is 13.0. The number of aromatic nitrogens is 2. The Bertz CT molecular complexity index is 947. The Labute approximate surface area is 142 Å². The highest BCUT2D eigenvalue weighted by atomic mass is 32.1. The Morgan fingerprint density at radius 2 is 2.17 bits per heavy atom. The number of rotatable bonds is 3. The fourth-order valence-corrected chi connectivity index (χ4v) is 2.76. The number of aromatic amines is 1. The molecule has 126 valence electrons. The van der Waals surface area contributed by atoms with E-state index >= 15 is 0 Å². The normalized spacial score (nSPS) is 16.6. The minimum absolute atomic E-state index is 0.0211. The molecule has 1 aromatic heterocycles. The molecular weight excluding hydrogens is 332 g/mol. The van der Waals surface area contributed by atoms with E-state index in [1.807, 2.05) is 0 Å². The second-order valence-electron chi connectivity index (χ2n) is 5.39. The number of nitrogens with zero attached hydrogens (tertiary/aromatic N) is 2. The first-order valence-electron chi connectivity index (χ1n) is 7.14. The number of hydrogen-bond acceptors (Lipinski definition) is 7. The van der Waals surface area contributed by atoms with Gasteiger partial charge in [-0.05, 0) is 29.9 Å². The molecule has 2 heterocycles. The number of benzene rings is 1. The van der Waals surface area contributed by atoms with Gasteiger partial charge in [-0.15, -0.1) is 0 Å². The molecule has 24 heavy (non-hydrogen) atoms. The zero-order valence-corrected chi connectivity index (χ0v) is 13.8. The topological polar surface area (TPSA) is 112 Å². The molecule has 0 bridgehead atoms. The van der Waals surface area contributed by atoms with Crippen molar-refractivity contribution >= 4 is 17.9 Å². The van der Waals surface area contributed by atoms with E-state index in [4.69, 9.17) is 17.0 Å². The van der Waals surface area contributed by atoms with Gasteiger partial charge in [0.2, 0.25) is 5.88 Å². The number of hydrazone groups is 1. The van der Waals surface area contributed by atoms with Gasteiger partial charge in [0.05, 0.1) is 18.9 Å². The molecule has 0 amide bonds. The van der Waals surface area contributed by atoms with Crippen LogP contribution in [0, 0.1) is 4.77 Å². The summed E-state index contributed by atoms with van der Waals surface area (Å²) in [4.78, 5) is 14.6. The second kappa shape index (κ2) is 6.00. The summed E-state index contributed by atoms with van der Waals surface area (Å²) >= 11 is 4.95. The van der Waals surface area contributed by atoms with Gasteiger partial charge in [-0.25, -0.2) is 0 Å². The van der Waals surface area contributed by atoms with Crippen LogP contribution in [0.1, 0.15) is 23.6 Å². The van der Waals surface area contributed by atoms with Crippen molar-refractivity contribution in [3.63, 3.8) is 0 Å². The second-order valence-corrected chi connectivity index (χ2v) is 5.78. The lowest BCUT2D eigenvalue weighted by molar-refractivity contribution is 0.372. The van der Waals surface area contributed by atoms with Crippen LogP contribution in [0.25, 0.3) is 0 Å². The predicted molar refractivity (Wildman–Crippen MR) is 90.2 cm³/mol. The summed E-state index contributed by atoms with van der Waals surface area (Å²) in [5.41, 5.74) is 3.70. The number of phenols is 1. The predicted octanol–water partition coefficient (Wildman–Crippen LogP) is 1.30. The zero-order chi connectivity index (χ0) is 17.4. The maximum absolute atomic E-state index is 12.1. The Kier molecular flexibility index (Phi) is 4.02. The number of nitrogens with one attached hydrogen (secondary N) is 2. The van der Waals surface area contributed by atoms with E-state index < -0.39 is 5.56 Å². The van der Waals surface area contributed by atoms with Gasteiger partial charge >= 0.3 is 0 Å². The third-order valence-corrected chi connectivity index (χ3v) is 4.32. The van der Waals surface area contributed by atoms with Crippen LogP contribution < -0.4 is 15.7 Å². The molecule has 4 N–H and O–H groups in total. The van der Waals surface area contributed by atoms with Crippen LogP contribution in [-0.2, 0) is 7.05 Å². The standard InChI is InChI=1S/C15H16N4O4S/c1-19-14(22)12(13(21)16-15(19)24)9-6-8(17-18-9)7-3-4-11(23-2)10(20)5-7/h3-5,8,17,20,22H,6H2,1-2H3,(H,16,21,24)/t8-/m0/s1. The molecule has 0 aliphatic carbocycles. The number of phenolic OH excluding ortho intramolecular Hbond substituents is 1. The van der Waals surface area contributed by atoms with Crippen LogP contribution in [0.2, 0.25) is 0 Å². The molecule has 1 atom stereocenters. The molecule has 0 unspecified atom stereocenters. The minimum Gasteiger partial charge on any atom is -0.504 e. The fraction of sp³-hybridized carbons (Fsp3) is 0.267. The third kappa shape index (κ3) is 2.62. The van der Waals surface area contributed by atoms with Gasteiger partial charge in [0.1, 0.15) is 5.56 Å². The van der Waals surface area contributed by atoms with Crippen molar-refractivity contribution in [3.8, 4) is 17.4 Å². The number of hydrogen-bond donors (Lipinski definition) is 4. The maximum Gasteiger partial charge on any atom is 0.264 e. The van der Waals surface area contributed by atoms with E-state index in [2.05, 4.69) is 15.5 Å². The Balaban J connectivity index is 1.91. The molecular formula is C15H16N4O4S. The smallest absolute Gasteiger partial charge is 0.264 e. The van der Waals surface area contributed by atoms with Crippen molar-refractivity contribution in [2.75, 3.05) is 7.11 Å². The molecule has 0 spiro atoms. The molecule has 3 rings (SSSR count). The summed E-state index contributed by atoms with van der Waals surface area (Å²) in [6.07, 6.45) is 0.374. The van der Waals surface area contributed by atoms with Gasteiger partial charge in [0.15, 0.2) is 16.3 Å². The molecule has 8 nitrogen and oxygen atoms in total. The summed E-state index contributed by atoms with van der Waals surface area (Å²) in [5, 5.41) is 24.2. The van der Waals surface area contributed by atoms with Gasteiger partial charge < -0.3 is 20.4 Å². The van der Waals surface area contributed by atoms with Gasteiger partial charge in [-0.1, -0.05) is 6.07 Å². The molecule has 1 aromatic carbocycles. The Morgan fingerprint density at radius 1 is 1.42 bits per heavy atom. The highest BCUT2D eigenvalue weighted by Crippen LogP contribution is 2.32. The highest BCUT2D eigenvalue weighted by molar-refractivity contribution is 7.71. The molecule has 0 fully saturated rings. The van der Waals surface area contributed by atoms with Crippen LogP contribution in [0.5, 0.6) is 17.4 Å². The monoisotopic (exact) mass is 348 g/mol. The molecule has 9 heteroatoms. The van der Waals surface area contributed by atoms with Crippen LogP contribution in [0.3, 0.4) is 0 Å². The van der Waals surface area contributed by atoms with E-state index in [-0.39, 0.29) is 28.0 Å². The van der Waals surface area contributed by atoms with Crippen molar-refractivity contribution < 1.29 is 14.9 Å². The maximum atomic E-state index is 12.1. The van der Waals surface area contributed by atoms with Gasteiger partial charge in [0.25, 0.3) is 5.56 Å². The number of H-pyrrole nitrogens is 1. The van der Waals surface area contributed by atoms with Crippen LogP contribution in [-0.4, -0.2) is 32.6 Å². The molecule has 2 aromatic rings. The van der Waals surface area contributed by atoms with E-state index in [0.717, 1.165) is 5.56 Å². The minimum atomic E-state index is -0.491. The molecule has 0 radical (unpaired) electrons. The molecule has 1 aliphatic heterocycles. The lowest BCUT2D eigenvalue weighted by Gasteiger charge is -2.12. The summed E-state index contributed by atoms with van der Waals surface area (Å²) in [6.45, 7) is 0. The van der Waals surface area contributed by atoms with Crippen LogP contribution in [0.15, 0.2) is 28.1 Å². The van der Waals surface area contributed by atoms with Gasteiger partial charge in [-0.3, -0.25) is 14.3 Å². The van der Waals surface area contributed by atoms with Crippen molar-refractivity contribution in [1.29, 1.82) is 0 Å². The first-order valence-corrected chi connectivity index (χ1v) is 7.54. The molecule has 1 aliphatic rings. The SMILES string of the molecule is COc1ccc([C@@H]2CC(c3c(O)n(C)c(=S)[nH]c3=O)=NN2)cc1O. The summed E-state index contributed by atoms with van der Waals surface area (Å²) in [7, 11) is 3.03. The fourth-order valence-electron chi connectivity index (χ4n) is 2.58. The summed E-state index contributed by atoms with van der Waals surface area (Å²) in [5.74, 6) is 0.162. The Morgan fingerprint density at radius 3 is 2.83 bits per heavy atom. The van der Waals surface area contributed by atoms with Crippen molar-refractivity contribution in [3.05, 3.63) is 44.5 Å². The number of aromatic hydroxyl groups is 2. The largest absolute Gasteiger partial charge is 0.504 e.